The van der Waals surface area contributed by atoms with Gasteiger partial charge in [0.05, 0.1) is 12.1 Å². The summed E-state index contributed by atoms with van der Waals surface area (Å²) >= 11 is 0. The van der Waals surface area contributed by atoms with Gasteiger partial charge in [0.1, 0.15) is 5.82 Å². The largest absolute Gasteiger partial charge is 0.392 e. The van der Waals surface area contributed by atoms with Crippen molar-refractivity contribution in [3.8, 4) is 0 Å². The summed E-state index contributed by atoms with van der Waals surface area (Å²) in [7, 11) is 0. The second kappa shape index (κ2) is 6.28. The number of hydrogen-bond acceptors (Lipinski definition) is 2. The van der Waals surface area contributed by atoms with Crippen molar-refractivity contribution < 1.29 is 14.3 Å². The number of nitrogens with zero attached hydrogens (tertiary/aromatic N) is 1. The molecule has 26 heavy (non-hydrogen) atoms. The van der Waals surface area contributed by atoms with E-state index >= 15 is 0 Å². The first-order valence-electron chi connectivity index (χ1n) is 8.27. The van der Waals surface area contributed by atoms with Gasteiger partial charge in [-0.2, -0.15) is 0 Å². The standard InChI is InChI=1S/C21H17FN2O2/c22-15-4-1-3-13(9-15)11-24-18-6-2-5-17(21(23)26)20(18)16-8-7-14(12-25)10-19(16)24/h1-10,25H,11-12H2,(H2,23,26). The minimum atomic E-state index is -0.494. The number of aliphatic hydroxyl groups excluding tert-OH is 1. The van der Waals surface area contributed by atoms with E-state index in [2.05, 4.69) is 0 Å². The van der Waals surface area contributed by atoms with Gasteiger partial charge < -0.3 is 15.4 Å². The van der Waals surface area contributed by atoms with E-state index in [1.165, 1.54) is 12.1 Å². The molecule has 4 rings (SSSR count). The van der Waals surface area contributed by atoms with Gasteiger partial charge in [0.15, 0.2) is 0 Å². The average Bonchev–Trinajstić information content (AvgIpc) is 2.95. The highest BCUT2D eigenvalue weighted by Crippen LogP contribution is 2.33. The maximum atomic E-state index is 13.6. The van der Waals surface area contributed by atoms with E-state index in [0.29, 0.717) is 12.1 Å². The topological polar surface area (TPSA) is 68.2 Å². The molecule has 0 aliphatic rings. The normalized spacial score (nSPS) is 11.3. The summed E-state index contributed by atoms with van der Waals surface area (Å²) in [6, 6.07) is 17.4. The van der Waals surface area contributed by atoms with Crippen LogP contribution >= 0.6 is 0 Å². The summed E-state index contributed by atoms with van der Waals surface area (Å²) in [6.45, 7) is 0.356. The number of aromatic nitrogens is 1. The number of benzene rings is 3. The fourth-order valence-electron chi connectivity index (χ4n) is 3.48. The van der Waals surface area contributed by atoms with Crippen LogP contribution in [0.4, 0.5) is 4.39 Å². The summed E-state index contributed by atoms with van der Waals surface area (Å²) in [5.74, 6) is -0.788. The number of aliphatic hydroxyl groups is 1. The molecule has 3 N–H and O–H groups in total. The quantitative estimate of drug-likeness (QED) is 0.592. The van der Waals surface area contributed by atoms with Crippen molar-refractivity contribution in [2.45, 2.75) is 13.2 Å². The van der Waals surface area contributed by atoms with E-state index in [4.69, 9.17) is 5.73 Å². The van der Waals surface area contributed by atoms with Gasteiger partial charge in [0.2, 0.25) is 5.91 Å². The highest BCUT2D eigenvalue weighted by atomic mass is 19.1. The van der Waals surface area contributed by atoms with Gasteiger partial charge in [-0.05, 0) is 41.5 Å². The van der Waals surface area contributed by atoms with E-state index < -0.39 is 5.91 Å². The first-order valence-corrected chi connectivity index (χ1v) is 8.27. The van der Waals surface area contributed by atoms with E-state index in [-0.39, 0.29) is 12.4 Å². The lowest BCUT2D eigenvalue weighted by molar-refractivity contribution is 0.100. The predicted molar refractivity (Wildman–Crippen MR) is 99.4 cm³/mol. The maximum absolute atomic E-state index is 13.6. The average molecular weight is 348 g/mol. The van der Waals surface area contributed by atoms with Gasteiger partial charge in [0.25, 0.3) is 0 Å². The van der Waals surface area contributed by atoms with Gasteiger partial charge in [-0.3, -0.25) is 4.79 Å². The third-order valence-electron chi connectivity index (χ3n) is 4.63. The molecule has 1 amide bonds. The third-order valence-corrected chi connectivity index (χ3v) is 4.63. The molecule has 0 atom stereocenters. The SMILES string of the molecule is NC(=O)c1cccc2c1c1ccc(CO)cc1n2Cc1cccc(F)c1. The molecular formula is C21H17FN2O2. The summed E-state index contributed by atoms with van der Waals surface area (Å²) < 4.78 is 15.6. The highest BCUT2D eigenvalue weighted by molar-refractivity contribution is 6.17. The van der Waals surface area contributed by atoms with Crippen LogP contribution in [0.15, 0.2) is 60.7 Å². The number of carbonyl (C=O) groups is 1. The molecule has 1 heterocycles. The van der Waals surface area contributed by atoms with E-state index in [9.17, 15) is 14.3 Å². The molecule has 4 aromatic rings. The first-order chi connectivity index (χ1) is 12.6. The number of amides is 1. The zero-order valence-electron chi connectivity index (χ0n) is 13.9. The van der Waals surface area contributed by atoms with Gasteiger partial charge in [-0.1, -0.05) is 30.3 Å². The van der Waals surface area contributed by atoms with E-state index in [1.807, 2.05) is 34.9 Å². The van der Waals surface area contributed by atoms with Crippen molar-refractivity contribution in [3.63, 3.8) is 0 Å². The smallest absolute Gasteiger partial charge is 0.249 e. The number of halogens is 1. The zero-order chi connectivity index (χ0) is 18.3. The van der Waals surface area contributed by atoms with Crippen LogP contribution in [-0.4, -0.2) is 15.6 Å². The fraction of sp³-hybridized carbons (Fsp3) is 0.0952. The van der Waals surface area contributed by atoms with Crippen molar-refractivity contribution >= 4 is 27.7 Å². The molecule has 4 nitrogen and oxygen atoms in total. The molecule has 3 aromatic carbocycles. The van der Waals surface area contributed by atoms with Crippen LogP contribution in [0.1, 0.15) is 21.5 Å². The zero-order valence-corrected chi connectivity index (χ0v) is 13.9. The van der Waals surface area contributed by atoms with Crippen LogP contribution in [0.2, 0.25) is 0 Å². The molecule has 0 radical (unpaired) electrons. The van der Waals surface area contributed by atoms with Crippen molar-refractivity contribution in [1.82, 2.24) is 4.57 Å². The summed E-state index contributed by atoms with van der Waals surface area (Å²) in [4.78, 5) is 11.9. The molecule has 0 spiro atoms. The molecule has 0 bridgehead atoms. The summed E-state index contributed by atoms with van der Waals surface area (Å²) in [5, 5.41) is 11.2. The molecule has 1 aromatic heterocycles. The number of carbonyl (C=O) groups excluding carboxylic acids is 1. The van der Waals surface area contributed by atoms with E-state index in [1.54, 1.807) is 18.2 Å². The first kappa shape index (κ1) is 16.3. The highest BCUT2D eigenvalue weighted by Gasteiger charge is 2.17. The summed E-state index contributed by atoms with van der Waals surface area (Å²) in [5.41, 5.74) is 9.30. The van der Waals surface area contributed by atoms with Gasteiger partial charge in [-0.15, -0.1) is 0 Å². The minimum Gasteiger partial charge on any atom is -0.392 e. The van der Waals surface area contributed by atoms with Crippen molar-refractivity contribution in [3.05, 3.63) is 83.2 Å². The lowest BCUT2D eigenvalue weighted by atomic mass is 10.0. The van der Waals surface area contributed by atoms with Crippen LogP contribution in [-0.2, 0) is 13.2 Å². The second-order valence-electron chi connectivity index (χ2n) is 6.29. The Kier molecular flexibility index (Phi) is 3.93. The molecule has 0 saturated heterocycles. The number of primary amides is 1. The molecule has 0 aliphatic heterocycles. The minimum absolute atomic E-state index is 0.0832. The number of fused-ring (bicyclic) bond motifs is 3. The third kappa shape index (κ3) is 2.62. The predicted octanol–water partition coefficient (Wildman–Crippen LogP) is 3.57. The van der Waals surface area contributed by atoms with Crippen molar-refractivity contribution in [2.75, 3.05) is 0 Å². The fourth-order valence-corrected chi connectivity index (χ4v) is 3.48. The van der Waals surface area contributed by atoms with Crippen LogP contribution in [0, 0.1) is 5.82 Å². The molecule has 0 saturated carbocycles. The Morgan fingerprint density at radius 3 is 2.54 bits per heavy atom. The Morgan fingerprint density at radius 2 is 1.81 bits per heavy atom. The van der Waals surface area contributed by atoms with Crippen molar-refractivity contribution in [2.24, 2.45) is 5.73 Å². The Labute approximate surface area is 149 Å². The van der Waals surface area contributed by atoms with Gasteiger partial charge >= 0.3 is 0 Å². The Hall–Kier alpha value is -3.18. The number of hydrogen-bond donors (Lipinski definition) is 2. The van der Waals surface area contributed by atoms with E-state index in [0.717, 1.165) is 32.9 Å². The monoisotopic (exact) mass is 348 g/mol. The second-order valence-corrected chi connectivity index (χ2v) is 6.29. The summed E-state index contributed by atoms with van der Waals surface area (Å²) in [6.07, 6.45) is 0. The molecular weight excluding hydrogens is 331 g/mol. The number of nitrogens with two attached hydrogens (primary N) is 1. The van der Waals surface area contributed by atoms with Crippen LogP contribution in [0.3, 0.4) is 0 Å². The molecule has 0 aliphatic carbocycles. The Balaban J connectivity index is 2.05. The molecule has 5 heteroatoms. The van der Waals surface area contributed by atoms with Crippen LogP contribution < -0.4 is 5.73 Å². The Bertz CT molecular complexity index is 1150. The Morgan fingerprint density at radius 1 is 1.00 bits per heavy atom. The molecule has 0 fully saturated rings. The lowest BCUT2D eigenvalue weighted by Gasteiger charge is -2.09. The molecule has 0 unspecified atom stereocenters. The van der Waals surface area contributed by atoms with Crippen LogP contribution in [0.5, 0.6) is 0 Å². The van der Waals surface area contributed by atoms with Crippen LogP contribution in [0.25, 0.3) is 21.8 Å². The maximum Gasteiger partial charge on any atom is 0.249 e. The lowest BCUT2D eigenvalue weighted by Crippen LogP contribution is -2.11. The van der Waals surface area contributed by atoms with Gasteiger partial charge in [-0.25, -0.2) is 4.39 Å². The molecule has 130 valence electrons. The number of rotatable bonds is 4. The van der Waals surface area contributed by atoms with Crippen molar-refractivity contribution in [1.29, 1.82) is 0 Å². The van der Waals surface area contributed by atoms with Gasteiger partial charge in [0, 0.05) is 28.4 Å².